The van der Waals surface area contributed by atoms with Crippen LogP contribution in [0.3, 0.4) is 0 Å². The van der Waals surface area contributed by atoms with Crippen LogP contribution in [0.2, 0.25) is 0 Å². The Bertz CT molecular complexity index is 448. The van der Waals surface area contributed by atoms with Crippen LogP contribution in [-0.2, 0) is 13.0 Å². The highest BCUT2D eigenvalue weighted by Gasteiger charge is 2.28. The van der Waals surface area contributed by atoms with Crippen LogP contribution >= 0.6 is 12.4 Å². The summed E-state index contributed by atoms with van der Waals surface area (Å²) in [6, 6.07) is 0. The number of nitrogen functional groups attached to an aromatic ring is 1. The van der Waals surface area contributed by atoms with E-state index in [1.165, 1.54) is 31.6 Å². The number of anilines is 2. The van der Waals surface area contributed by atoms with E-state index in [1.54, 1.807) is 0 Å². The molecule has 0 amide bonds. The number of aromatic nitrogens is 2. The average Bonchev–Trinajstić information content (AvgIpc) is 2.68. The molecule has 0 atom stereocenters. The number of nitrogens with two attached hydrogens (primary N) is 1. The number of halogens is 2. The monoisotopic (exact) mass is 321 g/mol. The Morgan fingerprint density at radius 2 is 1.75 bits per heavy atom. The van der Waals surface area contributed by atoms with Gasteiger partial charge in [-0.15, -0.1) is 12.4 Å². The van der Waals surface area contributed by atoms with Gasteiger partial charge in [0.05, 0.1) is 51.7 Å². The lowest BCUT2D eigenvalue weighted by molar-refractivity contribution is -0.890. The standard InChI is InChI=1S/C13H24N5.2ClH/c1-18(2)9-7-16(8-10-18)13-12(14)11-5-3-4-6-17(11)15-13;;/h3-10,14H2,1-2H3;2*1H/q+1;;/p-1. The molecule has 1 saturated heterocycles. The molecule has 0 spiro atoms. The third-order valence-electron chi connectivity index (χ3n) is 4.36. The third kappa shape index (κ3) is 3.15. The molecule has 20 heavy (non-hydrogen) atoms. The summed E-state index contributed by atoms with van der Waals surface area (Å²) >= 11 is 0. The van der Waals surface area contributed by atoms with Gasteiger partial charge in [-0.25, -0.2) is 0 Å². The minimum absolute atomic E-state index is 0. The number of likely N-dealkylation sites (N-methyl/N-ethyl adjacent to an activating group) is 1. The second-order valence-corrected chi connectivity index (χ2v) is 6.23. The van der Waals surface area contributed by atoms with Crippen molar-refractivity contribution in [1.29, 1.82) is 0 Å². The maximum atomic E-state index is 6.29. The normalized spacial score (nSPS) is 20.6. The lowest BCUT2D eigenvalue weighted by atomic mass is 10.1. The molecule has 3 heterocycles. The fourth-order valence-electron chi connectivity index (χ4n) is 2.95. The summed E-state index contributed by atoms with van der Waals surface area (Å²) in [7, 11) is 4.58. The van der Waals surface area contributed by atoms with Crippen LogP contribution in [0, 0.1) is 0 Å². The Morgan fingerprint density at radius 3 is 2.35 bits per heavy atom. The van der Waals surface area contributed by atoms with Crippen molar-refractivity contribution < 1.29 is 16.9 Å². The molecule has 0 bridgehead atoms. The molecule has 2 N–H and O–H groups in total. The maximum absolute atomic E-state index is 6.29. The summed E-state index contributed by atoms with van der Waals surface area (Å²) in [6.45, 7) is 5.50. The molecule has 2 aliphatic heterocycles. The minimum atomic E-state index is 0. The van der Waals surface area contributed by atoms with Crippen molar-refractivity contribution in [2.24, 2.45) is 0 Å². The van der Waals surface area contributed by atoms with Crippen LogP contribution < -0.4 is 23.0 Å². The highest BCUT2D eigenvalue weighted by molar-refractivity contribution is 5.85. The molecule has 1 fully saturated rings. The first-order valence-corrected chi connectivity index (χ1v) is 6.99. The summed E-state index contributed by atoms with van der Waals surface area (Å²) < 4.78 is 3.23. The van der Waals surface area contributed by atoms with Gasteiger partial charge in [-0.1, -0.05) is 0 Å². The zero-order chi connectivity index (χ0) is 12.8. The predicted octanol–water partition coefficient (Wildman–Crippen LogP) is -1.88. The lowest BCUT2D eigenvalue weighted by Crippen LogP contribution is -3.00. The summed E-state index contributed by atoms with van der Waals surface area (Å²) in [5.74, 6) is 1.03. The number of hydrogen-bond acceptors (Lipinski definition) is 3. The maximum Gasteiger partial charge on any atom is 0.174 e. The molecule has 3 rings (SSSR count). The first-order chi connectivity index (χ1) is 8.57. The van der Waals surface area contributed by atoms with E-state index >= 15 is 0 Å². The second kappa shape index (κ2) is 6.41. The van der Waals surface area contributed by atoms with Crippen molar-refractivity contribution in [3.8, 4) is 0 Å². The first kappa shape index (κ1) is 17.4. The fraction of sp³-hybridized carbons (Fsp3) is 0.769. The van der Waals surface area contributed by atoms with Gasteiger partial charge >= 0.3 is 0 Å². The molecule has 116 valence electrons. The smallest absolute Gasteiger partial charge is 0.174 e. The van der Waals surface area contributed by atoms with Gasteiger partial charge in [0.2, 0.25) is 0 Å². The van der Waals surface area contributed by atoms with Gasteiger partial charge in [-0.2, -0.15) is 5.10 Å². The molecule has 1 aromatic rings. The fourth-order valence-corrected chi connectivity index (χ4v) is 2.95. The van der Waals surface area contributed by atoms with E-state index in [-0.39, 0.29) is 24.8 Å². The van der Waals surface area contributed by atoms with E-state index in [2.05, 4.69) is 23.7 Å². The van der Waals surface area contributed by atoms with Crippen LogP contribution in [0.4, 0.5) is 11.5 Å². The van der Waals surface area contributed by atoms with Crippen molar-refractivity contribution in [2.75, 3.05) is 50.9 Å². The Labute approximate surface area is 133 Å². The number of quaternary nitrogens is 1. The van der Waals surface area contributed by atoms with E-state index < -0.39 is 0 Å². The number of rotatable bonds is 1. The molecule has 2 aliphatic rings. The van der Waals surface area contributed by atoms with Crippen molar-refractivity contribution >= 4 is 23.9 Å². The number of piperazine rings is 1. The van der Waals surface area contributed by atoms with E-state index in [0.29, 0.717) is 0 Å². The molecule has 0 aliphatic carbocycles. The van der Waals surface area contributed by atoms with E-state index in [0.717, 1.165) is 42.0 Å². The van der Waals surface area contributed by atoms with Crippen LogP contribution in [0.25, 0.3) is 0 Å². The van der Waals surface area contributed by atoms with Crippen molar-refractivity contribution in [3.05, 3.63) is 5.69 Å². The molecular formula is C13H25Cl2N5. The number of hydrogen-bond donors (Lipinski definition) is 1. The van der Waals surface area contributed by atoms with Gasteiger partial charge in [0, 0.05) is 6.54 Å². The largest absolute Gasteiger partial charge is 1.00 e. The van der Waals surface area contributed by atoms with Gasteiger partial charge in [-0.3, -0.25) is 4.68 Å². The summed E-state index contributed by atoms with van der Waals surface area (Å²) in [6.07, 6.45) is 3.57. The summed E-state index contributed by atoms with van der Waals surface area (Å²) in [5.41, 5.74) is 8.48. The predicted molar refractivity (Wildman–Crippen MR) is 80.9 cm³/mol. The van der Waals surface area contributed by atoms with E-state index in [9.17, 15) is 0 Å². The SMILES string of the molecule is C[N+]1(C)CCN(c2nn3c(c2N)CCCC3)CC1.Cl.[Cl-]. The van der Waals surface area contributed by atoms with Crippen LogP contribution in [0.5, 0.6) is 0 Å². The zero-order valence-electron chi connectivity index (χ0n) is 12.3. The molecule has 1 aromatic heterocycles. The molecule has 0 saturated carbocycles. The number of aryl methyl sites for hydroxylation is 1. The van der Waals surface area contributed by atoms with E-state index in [4.69, 9.17) is 10.8 Å². The van der Waals surface area contributed by atoms with Crippen LogP contribution in [-0.4, -0.2) is 54.5 Å². The van der Waals surface area contributed by atoms with Gasteiger partial charge in [0.1, 0.15) is 0 Å². The van der Waals surface area contributed by atoms with Crippen LogP contribution in [0.15, 0.2) is 0 Å². The molecule has 0 radical (unpaired) electrons. The van der Waals surface area contributed by atoms with Crippen molar-refractivity contribution in [3.63, 3.8) is 0 Å². The second-order valence-electron chi connectivity index (χ2n) is 6.23. The van der Waals surface area contributed by atoms with Crippen molar-refractivity contribution in [1.82, 2.24) is 9.78 Å². The Balaban J connectivity index is 0.000001000. The molecular weight excluding hydrogens is 297 g/mol. The molecule has 5 nitrogen and oxygen atoms in total. The molecule has 7 heteroatoms. The molecule has 0 unspecified atom stereocenters. The minimum Gasteiger partial charge on any atom is -1.00 e. The Hall–Kier alpha value is -0.650. The summed E-state index contributed by atoms with van der Waals surface area (Å²) in [4.78, 5) is 2.37. The number of fused-ring (bicyclic) bond motifs is 1. The average molecular weight is 322 g/mol. The highest BCUT2D eigenvalue weighted by atomic mass is 35.5. The van der Waals surface area contributed by atoms with Gasteiger partial charge in [0.25, 0.3) is 0 Å². The Kier molecular flexibility index (Phi) is 5.58. The topological polar surface area (TPSA) is 47.1 Å². The highest BCUT2D eigenvalue weighted by Crippen LogP contribution is 2.30. The van der Waals surface area contributed by atoms with E-state index in [1.807, 2.05) is 0 Å². The molecule has 0 aromatic carbocycles. The zero-order valence-corrected chi connectivity index (χ0v) is 13.9. The third-order valence-corrected chi connectivity index (χ3v) is 4.36. The quantitative estimate of drug-likeness (QED) is 0.616. The summed E-state index contributed by atoms with van der Waals surface area (Å²) in [5, 5.41) is 4.73. The van der Waals surface area contributed by atoms with Crippen LogP contribution in [0.1, 0.15) is 18.5 Å². The van der Waals surface area contributed by atoms with Gasteiger partial charge in [-0.05, 0) is 19.3 Å². The number of nitrogens with zero attached hydrogens (tertiary/aromatic N) is 4. The lowest BCUT2D eigenvalue weighted by Gasteiger charge is -2.39. The van der Waals surface area contributed by atoms with Gasteiger partial charge in [0.15, 0.2) is 5.82 Å². The first-order valence-electron chi connectivity index (χ1n) is 6.99. The van der Waals surface area contributed by atoms with Crippen molar-refractivity contribution in [2.45, 2.75) is 25.8 Å². The van der Waals surface area contributed by atoms with Gasteiger partial charge < -0.3 is 27.5 Å². The Morgan fingerprint density at radius 1 is 1.10 bits per heavy atom.